The lowest BCUT2D eigenvalue weighted by Gasteiger charge is -2.16. The molecule has 7 heteroatoms. The molecule has 0 heterocycles. The highest BCUT2D eigenvalue weighted by Gasteiger charge is 2.24. The van der Waals surface area contributed by atoms with Crippen LogP contribution < -0.4 is 19.5 Å². The van der Waals surface area contributed by atoms with Gasteiger partial charge in [-0.2, -0.15) is 0 Å². The van der Waals surface area contributed by atoms with Crippen LogP contribution in [0.25, 0.3) is 0 Å². The number of ether oxygens (including phenoxy) is 2. The fourth-order valence-electron chi connectivity index (χ4n) is 1.81. The Morgan fingerprint density at radius 3 is 2.20 bits per heavy atom. The van der Waals surface area contributed by atoms with E-state index in [1.165, 1.54) is 14.2 Å². The lowest BCUT2D eigenvalue weighted by molar-refractivity contribution is 0.372. The molecule has 0 radical (unpaired) electrons. The van der Waals surface area contributed by atoms with Crippen LogP contribution in [-0.4, -0.2) is 41.8 Å². The van der Waals surface area contributed by atoms with E-state index in [0.717, 1.165) is 6.54 Å². The number of rotatable bonds is 8. The first-order chi connectivity index (χ1) is 9.46. The molecule has 0 unspecified atom stereocenters. The highest BCUT2D eigenvalue weighted by atomic mass is 32.2. The third-order valence-electron chi connectivity index (χ3n) is 2.78. The highest BCUT2D eigenvalue weighted by molar-refractivity contribution is 7.89. The Kier molecular flexibility index (Phi) is 6.25. The molecule has 0 aliphatic carbocycles. The summed E-state index contributed by atoms with van der Waals surface area (Å²) in [7, 11) is -0.848. The minimum atomic E-state index is -3.70. The largest absolute Gasteiger partial charge is 0.495 e. The maximum Gasteiger partial charge on any atom is 0.248 e. The molecular formula is C13H22N2O4S. The van der Waals surface area contributed by atoms with E-state index in [4.69, 9.17) is 9.47 Å². The second kappa shape index (κ2) is 7.47. The average molecular weight is 302 g/mol. The second-order valence-electron chi connectivity index (χ2n) is 4.30. The summed E-state index contributed by atoms with van der Waals surface area (Å²) in [5, 5.41) is 3.14. The molecule has 1 rings (SSSR count). The maximum absolute atomic E-state index is 12.4. The second-order valence-corrected chi connectivity index (χ2v) is 6.01. The van der Waals surface area contributed by atoms with Crippen molar-refractivity contribution in [3.8, 4) is 11.5 Å². The summed E-state index contributed by atoms with van der Waals surface area (Å²) < 4.78 is 37.6. The van der Waals surface area contributed by atoms with Crippen molar-refractivity contribution in [1.82, 2.24) is 10.0 Å². The molecule has 1 atom stereocenters. The number of hydrogen-bond donors (Lipinski definition) is 2. The molecule has 0 saturated heterocycles. The van der Waals surface area contributed by atoms with Crippen molar-refractivity contribution in [3.63, 3.8) is 0 Å². The summed E-state index contributed by atoms with van der Waals surface area (Å²) in [5.41, 5.74) is 0. The maximum atomic E-state index is 12.4. The molecule has 0 saturated carbocycles. The van der Waals surface area contributed by atoms with Crippen molar-refractivity contribution in [3.05, 3.63) is 18.2 Å². The monoisotopic (exact) mass is 302 g/mol. The molecular weight excluding hydrogens is 280 g/mol. The zero-order chi connectivity index (χ0) is 15.2. The molecule has 0 spiro atoms. The first-order valence-corrected chi connectivity index (χ1v) is 7.88. The predicted octanol–water partition coefficient (Wildman–Crippen LogP) is 0.980. The molecule has 0 aliphatic heterocycles. The number of sulfonamides is 1. The Hall–Kier alpha value is -1.31. The highest BCUT2D eigenvalue weighted by Crippen LogP contribution is 2.32. The molecule has 0 fully saturated rings. The van der Waals surface area contributed by atoms with Crippen molar-refractivity contribution in [2.45, 2.75) is 24.8 Å². The van der Waals surface area contributed by atoms with E-state index in [-0.39, 0.29) is 29.0 Å². The Balaban J connectivity index is 3.03. The van der Waals surface area contributed by atoms with Crippen molar-refractivity contribution in [2.24, 2.45) is 0 Å². The van der Waals surface area contributed by atoms with Crippen LogP contribution >= 0.6 is 0 Å². The van der Waals surface area contributed by atoms with Crippen LogP contribution in [0, 0.1) is 0 Å². The average Bonchev–Trinajstić information content (AvgIpc) is 2.44. The minimum absolute atomic E-state index is 0.0219. The van der Waals surface area contributed by atoms with Crippen molar-refractivity contribution < 1.29 is 17.9 Å². The van der Waals surface area contributed by atoms with Crippen molar-refractivity contribution in [1.29, 1.82) is 0 Å². The van der Waals surface area contributed by atoms with Gasteiger partial charge < -0.3 is 14.8 Å². The van der Waals surface area contributed by atoms with Crippen LogP contribution in [0.15, 0.2) is 23.1 Å². The van der Waals surface area contributed by atoms with Gasteiger partial charge in [0.1, 0.15) is 11.5 Å². The summed E-state index contributed by atoms with van der Waals surface area (Å²) in [4.78, 5) is 0.0219. The summed E-state index contributed by atoms with van der Waals surface area (Å²) >= 11 is 0. The van der Waals surface area contributed by atoms with Gasteiger partial charge in [0, 0.05) is 12.6 Å². The van der Waals surface area contributed by atoms with Crippen LogP contribution in [0.3, 0.4) is 0 Å². The van der Waals surface area contributed by atoms with Crippen LogP contribution in [0.2, 0.25) is 0 Å². The van der Waals surface area contributed by atoms with Crippen LogP contribution in [-0.2, 0) is 10.0 Å². The molecule has 0 aromatic heterocycles. The quantitative estimate of drug-likeness (QED) is 0.748. The zero-order valence-corrected chi connectivity index (χ0v) is 13.1. The number of methoxy groups -OCH3 is 2. The Labute approximate surface area is 120 Å². The standard InChI is InChI=1S/C13H22N2O4S/c1-5-14-10(2)9-15-20(16,17)13-11(18-3)7-6-8-12(13)19-4/h6-8,10,14-15H,5,9H2,1-4H3/t10-/m1/s1. The SMILES string of the molecule is CCN[C@H](C)CNS(=O)(=O)c1c(OC)cccc1OC. The Morgan fingerprint density at radius 1 is 1.20 bits per heavy atom. The lowest BCUT2D eigenvalue weighted by Crippen LogP contribution is -2.38. The van der Waals surface area contributed by atoms with Gasteiger partial charge in [0.05, 0.1) is 14.2 Å². The molecule has 0 amide bonds. The van der Waals surface area contributed by atoms with Crippen molar-refractivity contribution >= 4 is 10.0 Å². The number of hydrogen-bond acceptors (Lipinski definition) is 5. The third-order valence-corrected chi connectivity index (χ3v) is 4.27. The van der Waals surface area contributed by atoms with E-state index in [1.807, 2.05) is 13.8 Å². The van der Waals surface area contributed by atoms with E-state index in [0.29, 0.717) is 0 Å². The first-order valence-electron chi connectivity index (χ1n) is 6.40. The number of benzene rings is 1. The van der Waals surface area contributed by atoms with Gasteiger partial charge in [0.2, 0.25) is 10.0 Å². The molecule has 1 aromatic rings. The Bertz CT molecular complexity index is 509. The topological polar surface area (TPSA) is 76.7 Å². The molecule has 0 bridgehead atoms. The van der Waals surface area contributed by atoms with Crippen molar-refractivity contribution in [2.75, 3.05) is 27.3 Å². The van der Waals surface area contributed by atoms with E-state index < -0.39 is 10.0 Å². The van der Waals surface area contributed by atoms with Crippen LogP contribution in [0.4, 0.5) is 0 Å². The van der Waals surface area contributed by atoms with E-state index in [9.17, 15) is 8.42 Å². The fraction of sp³-hybridized carbons (Fsp3) is 0.538. The van der Waals surface area contributed by atoms with Crippen LogP contribution in [0.5, 0.6) is 11.5 Å². The Morgan fingerprint density at radius 2 is 1.75 bits per heavy atom. The molecule has 2 N–H and O–H groups in total. The number of likely N-dealkylation sites (N-methyl/N-ethyl adjacent to an activating group) is 1. The normalized spacial score (nSPS) is 13.0. The van der Waals surface area contributed by atoms with Gasteiger partial charge in [-0.15, -0.1) is 0 Å². The first kappa shape index (κ1) is 16.7. The van der Waals surface area contributed by atoms with Gasteiger partial charge in [-0.1, -0.05) is 13.0 Å². The summed E-state index contributed by atoms with van der Waals surface area (Å²) in [5.74, 6) is 0.515. The van der Waals surface area contributed by atoms with E-state index in [2.05, 4.69) is 10.0 Å². The minimum Gasteiger partial charge on any atom is -0.495 e. The van der Waals surface area contributed by atoms with E-state index in [1.54, 1.807) is 18.2 Å². The van der Waals surface area contributed by atoms with Gasteiger partial charge in [-0.05, 0) is 25.6 Å². The fourth-order valence-corrected chi connectivity index (χ4v) is 3.26. The lowest BCUT2D eigenvalue weighted by atomic mass is 10.3. The molecule has 6 nitrogen and oxygen atoms in total. The van der Waals surface area contributed by atoms with Gasteiger partial charge >= 0.3 is 0 Å². The molecule has 0 aliphatic rings. The van der Waals surface area contributed by atoms with Gasteiger partial charge in [-0.25, -0.2) is 13.1 Å². The number of nitrogens with one attached hydrogen (secondary N) is 2. The van der Waals surface area contributed by atoms with Gasteiger partial charge in [0.25, 0.3) is 0 Å². The molecule has 114 valence electrons. The summed E-state index contributed by atoms with van der Waals surface area (Å²) in [6, 6.07) is 4.89. The molecule has 20 heavy (non-hydrogen) atoms. The molecule has 1 aromatic carbocycles. The van der Waals surface area contributed by atoms with Gasteiger partial charge in [-0.3, -0.25) is 0 Å². The predicted molar refractivity (Wildman–Crippen MR) is 77.9 cm³/mol. The smallest absolute Gasteiger partial charge is 0.248 e. The zero-order valence-electron chi connectivity index (χ0n) is 12.3. The van der Waals surface area contributed by atoms with Crippen LogP contribution in [0.1, 0.15) is 13.8 Å². The van der Waals surface area contributed by atoms with E-state index >= 15 is 0 Å². The summed E-state index contributed by atoms with van der Waals surface area (Å²) in [6.45, 7) is 4.94. The third kappa shape index (κ3) is 4.09. The van der Waals surface area contributed by atoms with Gasteiger partial charge in [0.15, 0.2) is 4.90 Å². The summed E-state index contributed by atoms with van der Waals surface area (Å²) in [6.07, 6.45) is 0.